The Bertz CT molecular complexity index is 1170. The molecule has 0 fully saturated rings. The maximum atomic E-state index is 12.7. The quantitative estimate of drug-likeness (QED) is 0.544. The Hall–Kier alpha value is -3.12. The molecule has 8 nitrogen and oxygen atoms in total. The molecule has 1 heterocycles. The molecule has 2 N–H and O–H groups in total. The highest BCUT2D eigenvalue weighted by molar-refractivity contribution is 7.89. The van der Waals surface area contributed by atoms with Crippen molar-refractivity contribution >= 4 is 27.5 Å². The summed E-state index contributed by atoms with van der Waals surface area (Å²) in [7, 11) is -3.90. The predicted molar refractivity (Wildman–Crippen MR) is 118 cm³/mol. The number of sulfonamides is 1. The lowest BCUT2D eigenvalue weighted by Crippen LogP contribution is -2.43. The fourth-order valence-electron chi connectivity index (χ4n) is 3.47. The first-order valence-corrected chi connectivity index (χ1v) is 11.9. The molecular formula is C22H24F3N3O5S. The fourth-order valence-corrected chi connectivity index (χ4v) is 4.60. The van der Waals surface area contributed by atoms with E-state index >= 15 is 0 Å². The second kappa shape index (κ2) is 10.4. The highest BCUT2D eigenvalue weighted by Crippen LogP contribution is 2.26. The number of nitrogens with zero attached hydrogens (tertiary/aromatic N) is 1. The number of hydrogen-bond donors (Lipinski definition) is 2. The number of carbonyl (C=O) groups excluding carboxylic acids is 2. The van der Waals surface area contributed by atoms with Crippen LogP contribution in [0.5, 0.6) is 5.75 Å². The number of halogens is 3. The molecule has 0 aromatic heterocycles. The molecule has 0 saturated heterocycles. The lowest BCUT2D eigenvalue weighted by Gasteiger charge is -2.29. The first-order chi connectivity index (χ1) is 16.0. The SMILES string of the molecule is CC(=O)Nc1cccc(OCCCNS(=O)(=O)c2ccc3c(c2)CN(C(=O)C(F)(F)F)CC3)c1. The van der Waals surface area contributed by atoms with E-state index in [0.717, 1.165) is 0 Å². The van der Waals surface area contributed by atoms with E-state index in [1.165, 1.54) is 19.1 Å². The number of alkyl halides is 3. The van der Waals surface area contributed by atoms with Gasteiger partial charge >= 0.3 is 12.1 Å². The van der Waals surface area contributed by atoms with Gasteiger partial charge in [0.15, 0.2) is 0 Å². The lowest BCUT2D eigenvalue weighted by atomic mass is 10.00. The largest absolute Gasteiger partial charge is 0.493 e. The van der Waals surface area contributed by atoms with Crippen molar-refractivity contribution in [3.63, 3.8) is 0 Å². The molecule has 0 bridgehead atoms. The number of carbonyl (C=O) groups is 2. The fraction of sp³-hybridized carbons (Fsp3) is 0.364. The first kappa shape index (κ1) is 25.5. The van der Waals surface area contributed by atoms with Gasteiger partial charge in [-0.1, -0.05) is 12.1 Å². The van der Waals surface area contributed by atoms with Crippen molar-refractivity contribution in [2.24, 2.45) is 0 Å². The topological polar surface area (TPSA) is 105 Å². The normalized spacial score (nSPS) is 13.8. The van der Waals surface area contributed by atoms with Gasteiger partial charge in [0.1, 0.15) is 5.75 Å². The molecule has 2 aromatic carbocycles. The van der Waals surface area contributed by atoms with Gasteiger partial charge in [0.05, 0.1) is 11.5 Å². The number of ether oxygens (including phenoxy) is 1. The Morgan fingerprint density at radius 1 is 1.12 bits per heavy atom. The molecular weight excluding hydrogens is 475 g/mol. The standard InChI is InChI=1S/C22H24F3N3O5S/c1-15(29)27-18-4-2-5-19(13-18)33-11-3-9-26-34(31,32)20-7-6-16-8-10-28(14-17(16)12-20)21(30)22(23,24)25/h2,4-7,12-13,26H,3,8-11,14H2,1H3,(H,27,29). The van der Waals surface area contributed by atoms with Crippen molar-refractivity contribution in [3.8, 4) is 5.75 Å². The predicted octanol–water partition coefficient (Wildman–Crippen LogP) is 2.84. The third-order valence-electron chi connectivity index (χ3n) is 5.07. The third kappa shape index (κ3) is 6.70. The van der Waals surface area contributed by atoms with Gasteiger partial charge in [-0.15, -0.1) is 0 Å². The van der Waals surface area contributed by atoms with Crippen molar-refractivity contribution in [3.05, 3.63) is 53.6 Å². The maximum absolute atomic E-state index is 12.7. The number of amides is 2. The van der Waals surface area contributed by atoms with Gasteiger partial charge in [-0.3, -0.25) is 9.59 Å². The molecule has 1 aliphatic heterocycles. The van der Waals surface area contributed by atoms with Gasteiger partial charge in [0.2, 0.25) is 15.9 Å². The first-order valence-electron chi connectivity index (χ1n) is 10.4. The minimum Gasteiger partial charge on any atom is -0.493 e. The van der Waals surface area contributed by atoms with E-state index in [4.69, 9.17) is 4.74 Å². The van der Waals surface area contributed by atoms with Gasteiger partial charge in [0.25, 0.3) is 0 Å². The molecule has 0 radical (unpaired) electrons. The monoisotopic (exact) mass is 499 g/mol. The molecule has 0 aliphatic carbocycles. The van der Waals surface area contributed by atoms with Gasteiger partial charge in [0, 0.05) is 38.3 Å². The van der Waals surface area contributed by atoms with Crippen LogP contribution >= 0.6 is 0 Å². The number of anilines is 1. The van der Waals surface area contributed by atoms with Crippen molar-refractivity contribution in [2.45, 2.75) is 37.4 Å². The van der Waals surface area contributed by atoms with Crippen molar-refractivity contribution in [1.82, 2.24) is 9.62 Å². The Morgan fingerprint density at radius 2 is 1.88 bits per heavy atom. The van der Waals surface area contributed by atoms with E-state index in [9.17, 15) is 31.2 Å². The highest BCUT2D eigenvalue weighted by atomic mass is 32.2. The second-order valence-corrected chi connectivity index (χ2v) is 9.48. The smallest absolute Gasteiger partial charge is 0.471 e. The van der Waals surface area contributed by atoms with Crippen LogP contribution < -0.4 is 14.8 Å². The van der Waals surface area contributed by atoms with E-state index in [-0.39, 0.29) is 43.5 Å². The summed E-state index contributed by atoms with van der Waals surface area (Å²) >= 11 is 0. The van der Waals surface area contributed by atoms with Crippen molar-refractivity contribution in [1.29, 1.82) is 0 Å². The molecule has 0 atom stereocenters. The Kier molecular flexibility index (Phi) is 7.82. The third-order valence-corrected chi connectivity index (χ3v) is 6.53. The molecule has 3 rings (SSSR count). The zero-order valence-corrected chi connectivity index (χ0v) is 19.1. The highest BCUT2D eigenvalue weighted by Gasteiger charge is 2.43. The van der Waals surface area contributed by atoms with E-state index in [1.54, 1.807) is 30.3 Å². The van der Waals surface area contributed by atoms with E-state index in [1.807, 2.05) is 0 Å². The molecule has 2 amide bonds. The van der Waals surface area contributed by atoms with Crippen LogP contribution in [-0.4, -0.2) is 51.0 Å². The average molecular weight is 500 g/mol. The van der Waals surface area contributed by atoms with Crippen LogP contribution in [0.2, 0.25) is 0 Å². The van der Waals surface area contributed by atoms with Gasteiger partial charge in [-0.25, -0.2) is 13.1 Å². The van der Waals surface area contributed by atoms with Crippen LogP contribution in [0, 0.1) is 0 Å². The number of nitrogens with one attached hydrogen (secondary N) is 2. The van der Waals surface area contributed by atoms with Crippen LogP contribution in [-0.2, 0) is 32.6 Å². The van der Waals surface area contributed by atoms with Gasteiger partial charge < -0.3 is 15.0 Å². The summed E-state index contributed by atoms with van der Waals surface area (Å²) in [5.41, 5.74) is 1.66. The summed E-state index contributed by atoms with van der Waals surface area (Å²) in [5, 5.41) is 2.63. The number of hydrogen-bond acceptors (Lipinski definition) is 5. The Balaban J connectivity index is 1.54. The zero-order valence-electron chi connectivity index (χ0n) is 18.3. The van der Waals surface area contributed by atoms with Crippen LogP contribution in [0.4, 0.5) is 18.9 Å². The van der Waals surface area contributed by atoms with E-state index in [2.05, 4.69) is 10.0 Å². The second-order valence-electron chi connectivity index (χ2n) is 7.71. The minimum atomic E-state index is -4.98. The zero-order chi connectivity index (χ0) is 24.9. The Morgan fingerprint density at radius 3 is 2.59 bits per heavy atom. The van der Waals surface area contributed by atoms with E-state index in [0.29, 0.717) is 33.9 Å². The van der Waals surface area contributed by atoms with Crippen molar-refractivity contribution in [2.75, 3.05) is 25.0 Å². The summed E-state index contributed by atoms with van der Waals surface area (Å²) in [6, 6.07) is 11.0. The molecule has 34 heavy (non-hydrogen) atoms. The number of benzene rings is 2. The number of fused-ring (bicyclic) bond motifs is 1. The molecule has 184 valence electrons. The van der Waals surface area contributed by atoms with Gasteiger partial charge in [-0.05, 0) is 48.2 Å². The van der Waals surface area contributed by atoms with E-state index < -0.39 is 22.1 Å². The average Bonchev–Trinajstić information content (AvgIpc) is 2.76. The molecule has 2 aromatic rings. The molecule has 1 aliphatic rings. The number of rotatable bonds is 8. The van der Waals surface area contributed by atoms with Crippen LogP contribution in [0.15, 0.2) is 47.4 Å². The summed E-state index contributed by atoms with van der Waals surface area (Å²) in [4.78, 5) is 23.2. The van der Waals surface area contributed by atoms with Crippen molar-refractivity contribution < 1.29 is 35.9 Å². The Labute approximate surface area is 195 Å². The van der Waals surface area contributed by atoms with Crippen LogP contribution in [0.3, 0.4) is 0 Å². The minimum absolute atomic E-state index is 0.0729. The lowest BCUT2D eigenvalue weighted by molar-refractivity contribution is -0.186. The summed E-state index contributed by atoms with van der Waals surface area (Å²) in [6.45, 7) is 1.29. The van der Waals surface area contributed by atoms with Crippen LogP contribution in [0.1, 0.15) is 24.5 Å². The molecule has 0 saturated carbocycles. The summed E-state index contributed by atoms with van der Waals surface area (Å²) in [5.74, 6) is -1.64. The summed E-state index contributed by atoms with van der Waals surface area (Å²) in [6.07, 6.45) is -4.41. The van der Waals surface area contributed by atoms with Gasteiger partial charge in [-0.2, -0.15) is 13.2 Å². The maximum Gasteiger partial charge on any atom is 0.471 e. The summed E-state index contributed by atoms with van der Waals surface area (Å²) < 4.78 is 71.5. The molecule has 0 unspecified atom stereocenters. The molecule has 0 spiro atoms. The van der Waals surface area contributed by atoms with Crippen LogP contribution in [0.25, 0.3) is 0 Å². The molecule has 12 heteroatoms.